The molecule has 0 bridgehead atoms. The van der Waals surface area contributed by atoms with Crippen LogP contribution in [0.5, 0.6) is 5.75 Å². The third kappa shape index (κ3) is 4.66. The summed E-state index contributed by atoms with van der Waals surface area (Å²) in [5.41, 5.74) is 0.987. The molecule has 1 aliphatic carbocycles. The molecule has 0 spiro atoms. The Morgan fingerprint density at radius 2 is 1.75 bits per heavy atom. The minimum atomic E-state index is -0.982. The average Bonchev–Trinajstić information content (AvgIpc) is 3.52. The first-order valence-corrected chi connectivity index (χ1v) is 10.6. The molecule has 7 heteroatoms. The molecule has 1 atom stereocenters. The van der Waals surface area contributed by atoms with Gasteiger partial charge in [-0.15, -0.1) is 0 Å². The fourth-order valence-electron chi connectivity index (χ4n) is 4.06. The van der Waals surface area contributed by atoms with Crippen molar-refractivity contribution in [3.8, 4) is 5.75 Å². The Hall–Kier alpha value is -3.61. The number of amides is 2. The molecule has 2 aromatic carbocycles. The van der Waals surface area contributed by atoms with E-state index in [0.717, 1.165) is 25.7 Å². The summed E-state index contributed by atoms with van der Waals surface area (Å²) < 4.78 is 24.2. The first kappa shape index (κ1) is 21.6. The van der Waals surface area contributed by atoms with Crippen LogP contribution in [0.2, 0.25) is 0 Å². The Balaban J connectivity index is 1.79. The van der Waals surface area contributed by atoms with Crippen molar-refractivity contribution >= 4 is 17.5 Å². The Morgan fingerprint density at radius 1 is 1.06 bits per heavy atom. The summed E-state index contributed by atoms with van der Waals surface area (Å²) in [4.78, 5) is 28.4. The molecule has 1 N–H and O–H groups in total. The zero-order valence-electron chi connectivity index (χ0n) is 17.8. The SMILES string of the molecule is COc1ccc([C@@H](C(=O)NC2CCCC2)N(C(=O)c2ccco2)c2ccc(F)cc2)cc1. The van der Waals surface area contributed by atoms with Crippen molar-refractivity contribution in [2.75, 3.05) is 12.0 Å². The van der Waals surface area contributed by atoms with Gasteiger partial charge in [0.1, 0.15) is 17.6 Å². The quantitative estimate of drug-likeness (QED) is 0.573. The highest BCUT2D eigenvalue weighted by atomic mass is 19.1. The summed E-state index contributed by atoms with van der Waals surface area (Å²) in [6.45, 7) is 0. The van der Waals surface area contributed by atoms with Crippen LogP contribution in [0.1, 0.15) is 47.8 Å². The van der Waals surface area contributed by atoms with Crippen molar-refractivity contribution in [2.45, 2.75) is 37.8 Å². The number of nitrogens with one attached hydrogen (secondary N) is 1. The molecule has 3 aromatic rings. The molecule has 1 aliphatic rings. The first-order chi connectivity index (χ1) is 15.6. The van der Waals surface area contributed by atoms with Crippen LogP contribution in [0.4, 0.5) is 10.1 Å². The summed E-state index contributed by atoms with van der Waals surface area (Å²) in [6.07, 6.45) is 5.33. The van der Waals surface area contributed by atoms with Crippen LogP contribution in [0.15, 0.2) is 71.3 Å². The topological polar surface area (TPSA) is 71.8 Å². The molecule has 1 aromatic heterocycles. The third-order valence-electron chi connectivity index (χ3n) is 5.70. The molecule has 0 aliphatic heterocycles. The number of carbonyl (C=O) groups is 2. The molecule has 32 heavy (non-hydrogen) atoms. The van der Waals surface area contributed by atoms with Gasteiger partial charge in [-0.05, 0) is 66.9 Å². The van der Waals surface area contributed by atoms with Crippen LogP contribution in [-0.2, 0) is 4.79 Å². The molecule has 1 saturated carbocycles. The Morgan fingerprint density at radius 3 is 2.34 bits per heavy atom. The Labute approximate surface area is 186 Å². The maximum absolute atomic E-state index is 13.6. The first-order valence-electron chi connectivity index (χ1n) is 10.6. The number of rotatable bonds is 7. The van der Waals surface area contributed by atoms with Gasteiger partial charge >= 0.3 is 0 Å². The molecule has 1 heterocycles. The third-order valence-corrected chi connectivity index (χ3v) is 5.70. The fraction of sp³-hybridized carbons (Fsp3) is 0.280. The number of anilines is 1. The molecule has 0 radical (unpaired) electrons. The number of halogens is 1. The van der Waals surface area contributed by atoms with E-state index in [1.807, 2.05) is 0 Å². The van der Waals surface area contributed by atoms with Gasteiger partial charge in [0.2, 0.25) is 5.91 Å². The molecule has 4 rings (SSSR count). The predicted octanol–water partition coefficient (Wildman–Crippen LogP) is 4.87. The number of furan rings is 1. The van der Waals surface area contributed by atoms with Gasteiger partial charge in [0.15, 0.2) is 5.76 Å². The monoisotopic (exact) mass is 436 g/mol. The van der Waals surface area contributed by atoms with Crippen molar-refractivity contribution in [2.24, 2.45) is 0 Å². The summed E-state index contributed by atoms with van der Waals surface area (Å²) in [5.74, 6) is -0.512. The number of nitrogens with zero attached hydrogens (tertiary/aromatic N) is 1. The van der Waals surface area contributed by atoms with Gasteiger partial charge in [0.05, 0.1) is 13.4 Å². The summed E-state index contributed by atoms with van der Waals surface area (Å²) in [7, 11) is 1.56. The van der Waals surface area contributed by atoms with Gasteiger partial charge in [0, 0.05) is 11.7 Å². The number of carbonyl (C=O) groups excluding carboxylic acids is 2. The fourth-order valence-corrected chi connectivity index (χ4v) is 4.06. The highest BCUT2D eigenvalue weighted by Gasteiger charge is 2.35. The highest BCUT2D eigenvalue weighted by Crippen LogP contribution is 2.32. The van der Waals surface area contributed by atoms with Gasteiger partial charge in [-0.1, -0.05) is 25.0 Å². The zero-order chi connectivity index (χ0) is 22.5. The van der Waals surface area contributed by atoms with Crippen molar-refractivity contribution < 1.29 is 23.1 Å². The van der Waals surface area contributed by atoms with Crippen LogP contribution in [0, 0.1) is 5.82 Å². The van der Waals surface area contributed by atoms with E-state index in [1.165, 1.54) is 35.4 Å². The second-order valence-electron chi connectivity index (χ2n) is 7.79. The van der Waals surface area contributed by atoms with Crippen molar-refractivity contribution in [3.63, 3.8) is 0 Å². The Kier molecular flexibility index (Phi) is 6.54. The molecular weight excluding hydrogens is 411 g/mol. The lowest BCUT2D eigenvalue weighted by Crippen LogP contribution is -2.46. The van der Waals surface area contributed by atoms with Crippen molar-refractivity contribution in [3.05, 3.63) is 84.1 Å². The van der Waals surface area contributed by atoms with Gasteiger partial charge in [-0.3, -0.25) is 14.5 Å². The number of hydrogen-bond acceptors (Lipinski definition) is 4. The maximum Gasteiger partial charge on any atom is 0.294 e. The van der Waals surface area contributed by atoms with Crippen LogP contribution in [-0.4, -0.2) is 25.0 Å². The molecular formula is C25H25FN2O4. The van der Waals surface area contributed by atoms with E-state index >= 15 is 0 Å². The maximum atomic E-state index is 13.6. The van der Waals surface area contributed by atoms with Crippen LogP contribution < -0.4 is 15.0 Å². The van der Waals surface area contributed by atoms with E-state index in [1.54, 1.807) is 43.5 Å². The van der Waals surface area contributed by atoms with Crippen molar-refractivity contribution in [1.29, 1.82) is 0 Å². The van der Waals surface area contributed by atoms with Crippen LogP contribution in [0.25, 0.3) is 0 Å². The number of benzene rings is 2. The van der Waals surface area contributed by atoms with Gasteiger partial charge in [0.25, 0.3) is 5.91 Å². The normalized spacial score (nSPS) is 14.7. The zero-order valence-corrected chi connectivity index (χ0v) is 17.8. The molecule has 2 amide bonds. The lowest BCUT2D eigenvalue weighted by molar-refractivity contribution is -0.123. The summed E-state index contributed by atoms with van der Waals surface area (Å²) in [5, 5.41) is 3.10. The largest absolute Gasteiger partial charge is 0.497 e. The van der Waals surface area contributed by atoms with E-state index in [-0.39, 0.29) is 17.7 Å². The second-order valence-corrected chi connectivity index (χ2v) is 7.79. The van der Waals surface area contributed by atoms with Gasteiger partial charge in [-0.25, -0.2) is 4.39 Å². The van der Waals surface area contributed by atoms with E-state index in [0.29, 0.717) is 17.0 Å². The lowest BCUT2D eigenvalue weighted by atomic mass is 10.0. The number of ether oxygens (including phenoxy) is 1. The van der Waals surface area contributed by atoms with E-state index < -0.39 is 17.8 Å². The summed E-state index contributed by atoms with van der Waals surface area (Å²) in [6, 6.07) is 14.7. The second kappa shape index (κ2) is 9.68. The average molecular weight is 436 g/mol. The van der Waals surface area contributed by atoms with Gasteiger partial charge < -0.3 is 14.5 Å². The summed E-state index contributed by atoms with van der Waals surface area (Å²) >= 11 is 0. The standard InChI is InChI=1S/C25H25FN2O4/c1-31-21-14-8-17(9-15-21)23(24(29)27-19-5-2-3-6-19)28(20-12-10-18(26)11-13-20)25(30)22-7-4-16-32-22/h4,7-16,19,23H,2-3,5-6H2,1H3,(H,27,29)/t23-/m0/s1. The lowest BCUT2D eigenvalue weighted by Gasteiger charge is -2.32. The molecule has 1 fully saturated rings. The molecule has 0 unspecified atom stereocenters. The molecule has 166 valence electrons. The predicted molar refractivity (Wildman–Crippen MR) is 118 cm³/mol. The molecule has 6 nitrogen and oxygen atoms in total. The van der Waals surface area contributed by atoms with E-state index in [9.17, 15) is 14.0 Å². The van der Waals surface area contributed by atoms with Crippen LogP contribution >= 0.6 is 0 Å². The smallest absolute Gasteiger partial charge is 0.294 e. The molecule has 0 saturated heterocycles. The van der Waals surface area contributed by atoms with Gasteiger partial charge in [-0.2, -0.15) is 0 Å². The van der Waals surface area contributed by atoms with Crippen LogP contribution in [0.3, 0.4) is 0 Å². The minimum Gasteiger partial charge on any atom is -0.497 e. The number of hydrogen-bond donors (Lipinski definition) is 1. The minimum absolute atomic E-state index is 0.0667. The van der Waals surface area contributed by atoms with Crippen molar-refractivity contribution in [1.82, 2.24) is 5.32 Å². The Bertz CT molecular complexity index is 1040. The van der Waals surface area contributed by atoms with E-state index in [4.69, 9.17) is 9.15 Å². The van der Waals surface area contributed by atoms with E-state index in [2.05, 4.69) is 5.32 Å². The highest BCUT2D eigenvalue weighted by molar-refractivity contribution is 6.08. The number of methoxy groups -OCH3 is 1.